The van der Waals surface area contributed by atoms with Gasteiger partial charge < -0.3 is 19.3 Å². The number of benzene rings is 1. The van der Waals surface area contributed by atoms with E-state index in [1.807, 2.05) is 6.92 Å². The normalized spacial score (nSPS) is 10.4. The largest absolute Gasteiger partial charge is 0.507 e. The first-order valence-electron chi connectivity index (χ1n) is 6.04. The highest BCUT2D eigenvalue weighted by Crippen LogP contribution is 2.38. The maximum Gasteiger partial charge on any atom is 0.344 e. The zero-order valence-electron chi connectivity index (χ0n) is 12.0. The molecule has 0 atom stereocenters. The minimum Gasteiger partial charge on any atom is -0.507 e. The van der Waals surface area contributed by atoms with E-state index in [0.29, 0.717) is 28.9 Å². The number of hydrogen-bond donors (Lipinski definition) is 1. The topological polar surface area (TPSA) is 65.0 Å². The van der Waals surface area contributed by atoms with E-state index in [0.717, 1.165) is 5.56 Å². The van der Waals surface area contributed by atoms with Gasteiger partial charge in [0, 0.05) is 12.7 Å². The number of methoxy groups -OCH3 is 2. The number of hydrogen-bond acceptors (Lipinski definition) is 5. The van der Waals surface area contributed by atoms with Crippen LogP contribution in [0.2, 0.25) is 0 Å². The number of carbonyl (C=O) groups is 1. The van der Waals surface area contributed by atoms with Crippen molar-refractivity contribution in [3.63, 3.8) is 0 Å². The minimum absolute atomic E-state index is 0.122. The number of phenolic OH excluding ortho intramolecular Hbond substituents is 1. The SMILES string of the molecule is CCc1c(C)c(C(=O)OCOC)c(OC)c(C)c1O. The average molecular weight is 268 g/mol. The first-order valence-corrected chi connectivity index (χ1v) is 6.04. The Morgan fingerprint density at radius 2 is 1.84 bits per heavy atom. The average Bonchev–Trinajstić information content (AvgIpc) is 2.40. The molecule has 0 amide bonds. The molecule has 106 valence electrons. The quantitative estimate of drug-likeness (QED) is 0.656. The molecule has 0 aliphatic rings. The third-order valence-corrected chi connectivity index (χ3v) is 3.11. The molecule has 5 nitrogen and oxygen atoms in total. The molecule has 0 aliphatic carbocycles. The maximum absolute atomic E-state index is 12.1. The van der Waals surface area contributed by atoms with Crippen LogP contribution in [0.3, 0.4) is 0 Å². The lowest BCUT2D eigenvalue weighted by molar-refractivity contribution is -0.0128. The molecule has 0 spiro atoms. The molecule has 0 unspecified atom stereocenters. The summed E-state index contributed by atoms with van der Waals surface area (Å²) in [6.45, 7) is 5.27. The fraction of sp³-hybridized carbons (Fsp3) is 0.500. The van der Waals surface area contributed by atoms with Crippen molar-refractivity contribution in [1.82, 2.24) is 0 Å². The van der Waals surface area contributed by atoms with Crippen molar-refractivity contribution < 1.29 is 24.1 Å². The molecule has 1 aromatic rings. The van der Waals surface area contributed by atoms with Crippen LogP contribution in [0.4, 0.5) is 0 Å². The Morgan fingerprint density at radius 1 is 1.21 bits per heavy atom. The third kappa shape index (κ3) is 2.81. The van der Waals surface area contributed by atoms with Gasteiger partial charge >= 0.3 is 5.97 Å². The fourth-order valence-electron chi connectivity index (χ4n) is 2.14. The van der Waals surface area contributed by atoms with Gasteiger partial charge in [-0.25, -0.2) is 4.79 Å². The summed E-state index contributed by atoms with van der Waals surface area (Å²) >= 11 is 0. The van der Waals surface area contributed by atoms with Gasteiger partial charge in [-0.15, -0.1) is 0 Å². The minimum atomic E-state index is -0.519. The highest BCUT2D eigenvalue weighted by molar-refractivity contribution is 5.95. The fourth-order valence-corrected chi connectivity index (χ4v) is 2.14. The number of carbonyl (C=O) groups excluding carboxylic acids is 1. The predicted octanol–water partition coefficient (Wildman–Crippen LogP) is 2.34. The molecule has 19 heavy (non-hydrogen) atoms. The maximum atomic E-state index is 12.1. The van der Waals surface area contributed by atoms with E-state index in [1.165, 1.54) is 14.2 Å². The highest BCUT2D eigenvalue weighted by Gasteiger charge is 2.24. The van der Waals surface area contributed by atoms with Crippen molar-refractivity contribution >= 4 is 5.97 Å². The molecule has 1 N–H and O–H groups in total. The molecule has 0 heterocycles. The van der Waals surface area contributed by atoms with Crippen LogP contribution in [0.25, 0.3) is 0 Å². The van der Waals surface area contributed by atoms with E-state index < -0.39 is 5.97 Å². The van der Waals surface area contributed by atoms with Crippen LogP contribution in [-0.4, -0.2) is 32.1 Å². The Kier molecular flexibility index (Phi) is 5.18. The Balaban J connectivity index is 3.43. The van der Waals surface area contributed by atoms with Crippen molar-refractivity contribution in [1.29, 1.82) is 0 Å². The van der Waals surface area contributed by atoms with Gasteiger partial charge in [0.25, 0.3) is 0 Å². The summed E-state index contributed by atoms with van der Waals surface area (Å²) in [4.78, 5) is 12.1. The van der Waals surface area contributed by atoms with Gasteiger partial charge in [-0.05, 0) is 31.4 Å². The van der Waals surface area contributed by atoms with E-state index >= 15 is 0 Å². The molecule has 0 aliphatic heterocycles. The number of ether oxygens (including phenoxy) is 3. The van der Waals surface area contributed by atoms with Crippen LogP contribution < -0.4 is 4.74 Å². The summed E-state index contributed by atoms with van der Waals surface area (Å²) in [7, 11) is 2.90. The Labute approximate surface area is 113 Å². The van der Waals surface area contributed by atoms with Crippen LogP contribution in [0.5, 0.6) is 11.5 Å². The van der Waals surface area contributed by atoms with Gasteiger partial charge in [-0.2, -0.15) is 0 Å². The van der Waals surface area contributed by atoms with Gasteiger partial charge in [-0.3, -0.25) is 0 Å². The molecule has 1 aromatic carbocycles. The summed E-state index contributed by atoms with van der Waals surface area (Å²) in [5.74, 6) is -0.0116. The van der Waals surface area contributed by atoms with Crippen molar-refractivity contribution in [2.75, 3.05) is 21.0 Å². The van der Waals surface area contributed by atoms with E-state index in [1.54, 1.807) is 13.8 Å². The Morgan fingerprint density at radius 3 is 2.32 bits per heavy atom. The van der Waals surface area contributed by atoms with E-state index in [4.69, 9.17) is 14.2 Å². The van der Waals surface area contributed by atoms with Crippen molar-refractivity contribution in [2.24, 2.45) is 0 Å². The lowest BCUT2D eigenvalue weighted by atomic mass is 9.94. The Bertz CT molecular complexity index is 479. The van der Waals surface area contributed by atoms with E-state index in [-0.39, 0.29) is 12.5 Å². The number of aromatic hydroxyl groups is 1. The number of rotatable bonds is 5. The lowest BCUT2D eigenvalue weighted by Gasteiger charge is -2.18. The summed E-state index contributed by atoms with van der Waals surface area (Å²) in [6.07, 6.45) is 0.618. The van der Waals surface area contributed by atoms with Crippen LogP contribution in [0, 0.1) is 13.8 Å². The molecule has 0 saturated carbocycles. The van der Waals surface area contributed by atoms with E-state index in [2.05, 4.69) is 0 Å². The van der Waals surface area contributed by atoms with Gasteiger partial charge in [0.1, 0.15) is 17.1 Å². The zero-order chi connectivity index (χ0) is 14.6. The number of phenols is 1. The standard InChI is InChI=1S/C14H20O5/c1-6-10-8(2)11(14(16)19-7-17-4)13(18-5)9(3)12(10)15/h15H,6-7H2,1-5H3. The monoisotopic (exact) mass is 268 g/mol. The highest BCUT2D eigenvalue weighted by atomic mass is 16.7. The first kappa shape index (κ1) is 15.3. The van der Waals surface area contributed by atoms with Crippen molar-refractivity contribution in [3.05, 3.63) is 22.3 Å². The third-order valence-electron chi connectivity index (χ3n) is 3.11. The van der Waals surface area contributed by atoms with Crippen molar-refractivity contribution in [2.45, 2.75) is 27.2 Å². The number of esters is 1. The van der Waals surface area contributed by atoms with Gasteiger partial charge in [0.15, 0.2) is 6.79 Å². The molecule has 1 rings (SSSR count). The molecular weight excluding hydrogens is 248 g/mol. The van der Waals surface area contributed by atoms with Crippen LogP contribution in [0.15, 0.2) is 0 Å². The van der Waals surface area contributed by atoms with Gasteiger partial charge in [-0.1, -0.05) is 6.92 Å². The van der Waals surface area contributed by atoms with Crippen molar-refractivity contribution in [3.8, 4) is 11.5 Å². The van der Waals surface area contributed by atoms with Crippen LogP contribution in [0.1, 0.15) is 34.0 Å². The zero-order valence-corrected chi connectivity index (χ0v) is 12.0. The second kappa shape index (κ2) is 6.43. The molecule has 0 aromatic heterocycles. The lowest BCUT2D eigenvalue weighted by Crippen LogP contribution is -2.13. The molecule has 0 fully saturated rings. The second-order valence-electron chi connectivity index (χ2n) is 4.18. The van der Waals surface area contributed by atoms with Gasteiger partial charge in [0.2, 0.25) is 0 Å². The summed E-state index contributed by atoms with van der Waals surface area (Å²) in [5.41, 5.74) is 2.27. The smallest absolute Gasteiger partial charge is 0.344 e. The molecule has 0 radical (unpaired) electrons. The van der Waals surface area contributed by atoms with Gasteiger partial charge in [0.05, 0.1) is 7.11 Å². The van der Waals surface area contributed by atoms with Crippen LogP contribution >= 0.6 is 0 Å². The second-order valence-corrected chi connectivity index (χ2v) is 4.18. The predicted molar refractivity (Wildman–Crippen MR) is 70.8 cm³/mol. The first-order chi connectivity index (χ1) is 8.99. The Hall–Kier alpha value is -1.75. The molecule has 0 saturated heterocycles. The molecular formula is C14H20O5. The molecule has 5 heteroatoms. The van der Waals surface area contributed by atoms with E-state index in [9.17, 15) is 9.90 Å². The summed E-state index contributed by atoms with van der Waals surface area (Å²) in [6, 6.07) is 0. The summed E-state index contributed by atoms with van der Waals surface area (Å²) < 4.78 is 14.9. The summed E-state index contributed by atoms with van der Waals surface area (Å²) in [5, 5.41) is 10.1. The molecule has 0 bridgehead atoms. The van der Waals surface area contributed by atoms with Crippen LogP contribution in [-0.2, 0) is 15.9 Å².